The largest absolute Gasteiger partial charge is 0.342 e. The van der Waals surface area contributed by atoms with Crippen LogP contribution in [-0.4, -0.2) is 23.9 Å². The molecule has 0 aliphatic carbocycles. The van der Waals surface area contributed by atoms with Gasteiger partial charge in [0, 0.05) is 19.0 Å². The van der Waals surface area contributed by atoms with E-state index in [9.17, 15) is 4.79 Å². The molecule has 1 unspecified atom stereocenters. The maximum absolute atomic E-state index is 11.6. The average molecular weight is 169 g/mol. The number of rotatable bonds is 1. The van der Waals surface area contributed by atoms with Crippen LogP contribution in [0.4, 0.5) is 0 Å². The van der Waals surface area contributed by atoms with Crippen LogP contribution in [0.3, 0.4) is 0 Å². The van der Waals surface area contributed by atoms with Crippen molar-refractivity contribution in [2.75, 3.05) is 13.1 Å². The number of likely N-dealkylation sites (tertiary alicyclic amines) is 1. The highest BCUT2D eigenvalue weighted by atomic mass is 16.2. The van der Waals surface area contributed by atoms with E-state index >= 15 is 0 Å². The van der Waals surface area contributed by atoms with Crippen molar-refractivity contribution in [2.45, 2.75) is 33.6 Å². The lowest BCUT2D eigenvalue weighted by Crippen LogP contribution is -2.41. The Morgan fingerprint density at radius 1 is 1.50 bits per heavy atom. The summed E-state index contributed by atoms with van der Waals surface area (Å²) < 4.78 is 0. The van der Waals surface area contributed by atoms with Crippen LogP contribution in [0.5, 0.6) is 0 Å². The first-order valence-corrected chi connectivity index (χ1v) is 4.90. The third-order valence-electron chi connectivity index (χ3n) is 2.46. The summed E-state index contributed by atoms with van der Waals surface area (Å²) in [5.41, 5.74) is 0. The van der Waals surface area contributed by atoms with Crippen molar-refractivity contribution >= 4 is 5.91 Å². The van der Waals surface area contributed by atoms with Crippen molar-refractivity contribution in [1.29, 1.82) is 0 Å². The molecule has 0 aromatic heterocycles. The molecule has 0 spiro atoms. The second kappa shape index (κ2) is 3.92. The number of hydrogen-bond acceptors (Lipinski definition) is 1. The molecule has 0 N–H and O–H groups in total. The van der Waals surface area contributed by atoms with Crippen molar-refractivity contribution < 1.29 is 4.79 Å². The number of hydrogen-bond donors (Lipinski definition) is 0. The Kier molecular flexibility index (Phi) is 3.12. The van der Waals surface area contributed by atoms with Gasteiger partial charge in [0.05, 0.1) is 0 Å². The van der Waals surface area contributed by atoms with E-state index in [0.29, 0.717) is 11.8 Å². The van der Waals surface area contributed by atoms with Crippen molar-refractivity contribution in [3.05, 3.63) is 0 Å². The Hall–Kier alpha value is -0.530. The fraction of sp³-hybridized carbons (Fsp3) is 0.900. The molecule has 1 saturated heterocycles. The van der Waals surface area contributed by atoms with Gasteiger partial charge in [-0.05, 0) is 18.8 Å². The maximum atomic E-state index is 11.6. The molecule has 12 heavy (non-hydrogen) atoms. The molecule has 70 valence electrons. The molecule has 1 heterocycles. The van der Waals surface area contributed by atoms with Gasteiger partial charge in [0.25, 0.3) is 0 Å². The lowest BCUT2D eigenvalue weighted by Gasteiger charge is -2.32. The van der Waals surface area contributed by atoms with E-state index in [-0.39, 0.29) is 5.92 Å². The minimum absolute atomic E-state index is 0.162. The van der Waals surface area contributed by atoms with Crippen LogP contribution in [0.25, 0.3) is 0 Å². The van der Waals surface area contributed by atoms with E-state index in [1.54, 1.807) is 0 Å². The molecule has 0 radical (unpaired) electrons. The highest BCUT2D eigenvalue weighted by molar-refractivity contribution is 5.78. The summed E-state index contributed by atoms with van der Waals surface area (Å²) in [7, 11) is 0. The van der Waals surface area contributed by atoms with Crippen LogP contribution in [-0.2, 0) is 4.79 Å². The molecular formula is C10H19NO. The van der Waals surface area contributed by atoms with Gasteiger partial charge in [-0.25, -0.2) is 0 Å². The highest BCUT2D eigenvalue weighted by Gasteiger charge is 2.22. The molecule has 1 atom stereocenters. The van der Waals surface area contributed by atoms with Gasteiger partial charge in [-0.2, -0.15) is 0 Å². The van der Waals surface area contributed by atoms with E-state index in [1.165, 1.54) is 12.8 Å². The summed E-state index contributed by atoms with van der Waals surface area (Å²) in [6.07, 6.45) is 2.46. The first-order valence-electron chi connectivity index (χ1n) is 4.90. The minimum atomic E-state index is 0.162. The molecule has 1 aliphatic heterocycles. The Morgan fingerprint density at radius 3 is 2.67 bits per heavy atom. The minimum Gasteiger partial charge on any atom is -0.342 e. The van der Waals surface area contributed by atoms with Gasteiger partial charge in [0.2, 0.25) is 5.91 Å². The van der Waals surface area contributed by atoms with E-state index in [1.807, 2.05) is 18.7 Å². The van der Waals surface area contributed by atoms with Crippen molar-refractivity contribution in [1.82, 2.24) is 4.90 Å². The monoisotopic (exact) mass is 169 g/mol. The summed E-state index contributed by atoms with van der Waals surface area (Å²) in [5.74, 6) is 1.18. The topological polar surface area (TPSA) is 20.3 Å². The zero-order chi connectivity index (χ0) is 9.14. The lowest BCUT2D eigenvalue weighted by atomic mass is 9.99. The average Bonchev–Trinajstić information content (AvgIpc) is 2.03. The Morgan fingerprint density at radius 2 is 2.17 bits per heavy atom. The Bertz CT molecular complexity index is 165. The molecule has 0 saturated carbocycles. The summed E-state index contributed by atoms with van der Waals surface area (Å²) in [6, 6.07) is 0. The van der Waals surface area contributed by atoms with Crippen LogP contribution >= 0.6 is 0 Å². The van der Waals surface area contributed by atoms with E-state index in [0.717, 1.165) is 13.1 Å². The van der Waals surface area contributed by atoms with Crippen molar-refractivity contribution in [3.8, 4) is 0 Å². The fourth-order valence-corrected chi connectivity index (χ4v) is 1.75. The first-order chi connectivity index (χ1) is 5.61. The Balaban J connectivity index is 2.46. The Labute approximate surface area is 74.9 Å². The van der Waals surface area contributed by atoms with Gasteiger partial charge in [-0.3, -0.25) is 4.79 Å². The van der Waals surface area contributed by atoms with Gasteiger partial charge < -0.3 is 4.90 Å². The molecule has 0 aromatic rings. The maximum Gasteiger partial charge on any atom is 0.225 e. The van der Waals surface area contributed by atoms with Gasteiger partial charge in [0.1, 0.15) is 0 Å². The quantitative estimate of drug-likeness (QED) is 0.587. The molecule has 1 aliphatic rings. The highest BCUT2D eigenvalue weighted by Crippen LogP contribution is 2.17. The molecule has 1 amide bonds. The third-order valence-corrected chi connectivity index (χ3v) is 2.46. The van der Waals surface area contributed by atoms with Crippen LogP contribution in [0.2, 0.25) is 0 Å². The molecule has 0 bridgehead atoms. The SMILES string of the molecule is CC1CCCN(C(=O)C(C)C)C1. The zero-order valence-corrected chi connectivity index (χ0v) is 8.34. The van der Waals surface area contributed by atoms with Crippen molar-refractivity contribution in [3.63, 3.8) is 0 Å². The van der Waals surface area contributed by atoms with Crippen LogP contribution in [0.15, 0.2) is 0 Å². The van der Waals surface area contributed by atoms with Gasteiger partial charge >= 0.3 is 0 Å². The first kappa shape index (κ1) is 9.56. The summed E-state index contributed by atoms with van der Waals surface area (Å²) >= 11 is 0. The van der Waals surface area contributed by atoms with Crippen molar-refractivity contribution in [2.24, 2.45) is 11.8 Å². The molecule has 1 fully saturated rings. The predicted octanol–water partition coefficient (Wildman–Crippen LogP) is 1.90. The molecule has 0 aromatic carbocycles. The van der Waals surface area contributed by atoms with Gasteiger partial charge in [-0.1, -0.05) is 20.8 Å². The van der Waals surface area contributed by atoms with Crippen LogP contribution in [0.1, 0.15) is 33.6 Å². The fourth-order valence-electron chi connectivity index (χ4n) is 1.75. The van der Waals surface area contributed by atoms with Crippen LogP contribution in [0, 0.1) is 11.8 Å². The number of carbonyl (C=O) groups is 1. The second-order valence-corrected chi connectivity index (χ2v) is 4.19. The van der Waals surface area contributed by atoms with Gasteiger partial charge in [-0.15, -0.1) is 0 Å². The number of piperidine rings is 1. The summed E-state index contributed by atoms with van der Waals surface area (Å²) in [4.78, 5) is 13.6. The predicted molar refractivity (Wildman–Crippen MR) is 49.8 cm³/mol. The smallest absolute Gasteiger partial charge is 0.225 e. The van der Waals surface area contributed by atoms with E-state index in [4.69, 9.17) is 0 Å². The number of carbonyl (C=O) groups excluding carboxylic acids is 1. The summed E-state index contributed by atoms with van der Waals surface area (Å²) in [6.45, 7) is 8.11. The molecular weight excluding hydrogens is 150 g/mol. The normalized spacial score (nSPS) is 24.7. The second-order valence-electron chi connectivity index (χ2n) is 4.19. The third kappa shape index (κ3) is 2.23. The van der Waals surface area contributed by atoms with E-state index < -0.39 is 0 Å². The standard InChI is InChI=1S/C10H19NO/c1-8(2)10(12)11-6-4-5-9(3)7-11/h8-9H,4-7H2,1-3H3. The molecule has 2 heteroatoms. The lowest BCUT2D eigenvalue weighted by molar-refractivity contribution is -0.136. The zero-order valence-electron chi connectivity index (χ0n) is 8.34. The summed E-state index contributed by atoms with van der Waals surface area (Å²) in [5, 5.41) is 0. The molecule has 2 nitrogen and oxygen atoms in total. The van der Waals surface area contributed by atoms with Gasteiger partial charge in [0.15, 0.2) is 0 Å². The van der Waals surface area contributed by atoms with E-state index in [2.05, 4.69) is 6.92 Å². The van der Waals surface area contributed by atoms with Crippen LogP contribution < -0.4 is 0 Å². The molecule has 1 rings (SSSR count). The number of nitrogens with zero attached hydrogens (tertiary/aromatic N) is 1. The number of amides is 1.